The van der Waals surface area contributed by atoms with E-state index in [2.05, 4.69) is 10.3 Å². The van der Waals surface area contributed by atoms with E-state index < -0.39 is 0 Å². The monoisotopic (exact) mass is 377 g/mol. The maximum absolute atomic E-state index is 12.6. The molecular formula is C20H28ClN3O2. The van der Waals surface area contributed by atoms with Crippen molar-refractivity contribution in [3.05, 3.63) is 35.7 Å². The molecule has 0 saturated heterocycles. The first-order chi connectivity index (χ1) is 12.0. The zero-order valence-corrected chi connectivity index (χ0v) is 16.3. The van der Waals surface area contributed by atoms with E-state index >= 15 is 0 Å². The summed E-state index contributed by atoms with van der Waals surface area (Å²) in [4.78, 5) is 17.0. The molecule has 1 fully saturated rings. The van der Waals surface area contributed by atoms with Gasteiger partial charge in [0.2, 0.25) is 11.8 Å². The van der Waals surface area contributed by atoms with E-state index in [-0.39, 0.29) is 23.7 Å². The molecule has 1 aromatic heterocycles. The number of hydrogen-bond acceptors (Lipinski definition) is 4. The highest BCUT2D eigenvalue weighted by Crippen LogP contribution is 2.38. The van der Waals surface area contributed by atoms with Gasteiger partial charge < -0.3 is 15.5 Å². The summed E-state index contributed by atoms with van der Waals surface area (Å²) in [6.07, 6.45) is 7.80. The molecule has 1 heterocycles. The smallest absolute Gasteiger partial charge is 0.226 e. The van der Waals surface area contributed by atoms with Gasteiger partial charge in [0, 0.05) is 17.7 Å². The van der Waals surface area contributed by atoms with Crippen LogP contribution in [-0.2, 0) is 4.79 Å². The van der Waals surface area contributed by atoms with Crippen molar-refractivity contribution >= 4 is 24.0 Å². The van der Waals surface area contributed by atoms with Crippen molar-refractivity contribution in [3.63, 3.8) is 0 Å². The fourth-order valence-corrected chi connectivity index (χ4v) is 3.67. The van der Waals surface area contributed by atoms with Crippen LogP contribution in [0.5, 0.6) is 0 Å². The first kappa shape index (κ1) is 20.5. The maximum atomic E-state index is 12.6. The van der Waals surface area contributed by atoms with E-state index in [1.807, 2.05) is 32.0 Å². The Balaban J connectivity index is 0.00000243. The molecule has 0 bridgehead atoms. The molecule has 6 heteroatoms. The molecule has 142 valence electrons. The van der Waals surface area contributed by atoms with Gasteiger partial charge in [-0.25, -0.2) is 4.98 Å². The Kier molecular flexibility index (Phi) is 6.84. The van der Waals surface area contributed by atoms with Gasteiger partial charge in [0.05, 0.1) is 5.69 Å². The van der Waals surface area contributed by atoms with Gasteiger partial charge in [-0.3, -0.25) is 4.79 Å². The van der Waals surface area contributed by atoms with Crippen molar-refractivity contribution in [2.24, 2.45) is 11.1 Å². The normalized spacial score (nSPS) is 16.0. The van der Waals surface area contributed by atoms with E-state index in [1.54, 1.807) is 6.26 Å². The molecule has 0 unspecified atom stereocenters. The molecule has 1 aliphatic carbocycles. The van der Waals surface area contributed by atoms with Gasteiger partial charge in [-0.2, -0.15) is 0 Å². The molecule has 0 spiro atoms. The largest absolute Gasteiger partial charge is 0.444 e. The van der Waals surface area contributed by atoms with E-state index in [1.165, 1.54) is 19.3 Å². The van der Waals surface area contributed by atoms with E-state index in [4.69, 9.17) is 10.2 Å². The Labute approximate surface area is 161 Å². The summed E-state index contributed by atoms with van der Waals surface area (Å²) in [5, 5.41) is 3.07. The zero-order valence-electron chi connectivity index (χ0n) is 15.5. The SMILES string of the molecule is Cc1coc(-c2ccc(C)c(NC(=O)CC3(CN)CCCCC3)c2)n1.Cl. The lowest BCUT2D eigenvalue weighted by Gasteiger charge is -2.35. The Morgan fingerprint density at radius 2 is 2.00 bits per heavy atom. The number of halogens is 1. The third-order valence-corrected chi connectivity index (χ3v) is 5.26. The van der Waals surface area contributed by atoms with Crippen molar-refractivity contribution in [2.45, 2.75) is 52.4 Å². The predicted molar refractivity (Wildman–Crippen MR) is 106 cm³/mol. The fourth-order valence-electron chi connectivity index (χ4n) is 3.67. The lowest BCUT2D eigenvalue weighted by molar-refractivity contribution is -0.118. The standard InChI is InChI=1S/C20H27N3O2.ClH/c1-14-6-7-16(19-22-15(2)12-25-19)10-17(14)23-18(24)11-20(13-21)8-4-3-5-9-20;/h6-7,10,12H,3-5,8-9,11,13,21H2,1-2H3,(H,23,24);1H. The summed E-state index contributed by atoms with van der Waals surface area (Å²) in [5.74, 6) is 0.606. The minimum atomic E-state index is -0.0342. The van der Waals surface area contributed by atoms with Gasteiger partial charge in [-0.1, -0.05) is 25.3 Å². The molecule has 1 aromatic carbocycles. The summed E-state index contributed by atoms with van der Waals surface area (Å²) in [7, 11) is 0. The van der Waals surface area contributed by atoms with Crippen LogP contribution >= 0.6 is 12.4 Å². The lowest BCUT2D eigenvalue weighted by atomic mass is 9.71. The fraction of sp³-hybridized carbons (Fsp3) is 0.500. The molecule has 1 aliphatic rings. The van der Waals surface area contributed by atoms with Crippen molar-refractivity contribution in [1.29, 1.82) is 0 Å². The number of anilines is 1. The van der Waals surface area contributed by atoms with Crippen LogP contribution in [0, 0.1) is 19.3 Å². The third-order valence-electron chi connectivity index (χ3n) is 5.26. The molecule has 26 heavy (non-hydrogen) atoms. The second-order valence-electron chi connectivity index (χ2n) is 7.31. The average Bonchev–Trinajstić information content (AvgIpc) is 3.04. The zero-order chi connectivity index (χ0) is 17.9. The number of hydrogen-bond donors (Lipinski definition) is 2. The van der Waals surface area contributed by atoms with E-state index in [0.717, 1.165) is 35.3 Å². The number of aryl methyl sites for hydroxylation is 2. The van der Waals surface area contributed by atoms with Crippen LogP contribution in [0.15, 0.2) is 28.9 Å². The minimum absolute atomic E-state index is 0. The van der Waals surface area contributed by atoms with Crippen LogP contribution < -0.4 is 11.1 Å². The van der Waals surface area contributed by atoms with E-state index in [0.29, 0.717) is 18.9 Å². The number of nitrogens with two attached hydrogens (primary N) is 1. The second kappa shape index (κ2) is 8.69. The molecule has 3 rings (SSSR count). The molecule has 2 aromatic rings. The van der Waals surface area contributed by atoms with Crippen molar-refractivity contribution in [1.82, 2.24) is 4.98 Å². The second-order valence-corrected chi connectivity index (χ2v) is 7.31. The highest BCUT2D eigenvalue weighted by Gasteiger charge is 2.33. The van der Waals surface area contributed by atoms with Crippen LogP contribution in [0.3, 0.4) is 0 Å². The van der Waals surface area contributed by atoms with Crippen LogP contribution in [0.2, 0.25) is 0 Å². The van der Waals surface area contributed by atoms with Crippen LogP contribution in [0.4, 0.5) is 5.69 Å². The minimum Gasteiger partial charge on any atom is -0.444 e. The average molecular weight is 378 g/mol. The summed E-state index contributed by atoms with van der Waals surface area (Å²) < 4.78 is 5.46. The number of amides is 1. The van der Waals surface area contributed by atoms with Gasteiger partial charge >= 0.3 is 0 Å². The number of nitrogens with zero attached hydrogens (tertiary/aromatic N) is 1. The molecular weight excluding hydrogens is 350 g/mol. The predicted octanol–water partition coefficient (Wildman–Crippen LogP) is 4.62. The summed E-state index contributed by atoms with van der Waals surface area (Å²) in [6.45, 7) is 4.45. The van der Waals surface area contributed by atoms with Crippen molar-refractivity contribution < 1.29 is 9.21 Å². The number of carbonyl (C=O) groups is 1. The molecule has 1 saturated carbocycles. The van der Waals surface area contributed by atoms with Gasteiger partial charge in [0.25, 0.3) is 0 Å². The number of oxazole rings is 1. The molecule has 0 aliphatic heterocycles. The van der Waals surface area contributed by atoms with Crippen LogP contribution in [-0.4, -0.2) is 17.4 Å². The molecule has 0 radical (unpaired) electrons. The highest BCUT2D eigenvalue weighted by atomic mass is 35.5. The van der Waals surface area contributed by atoms with Gasteiger partial charge in [-0.15, -0.1) is 12.4 Å². The quantitative estimate of drug-likeness (QED) is 0.796. The van der Waals surface area contributed by atoms with Gasteiger partial charge in [0.15, 0.2) is 0 Å². The Bertz CT molecular complexity index is 751. The molecule has 1 amide bonds. The molecule has 5 nitrogen and oxygen atoms in total. The Hall–Kier alpha value is -1.85. The summed E-state index contributed by atoms with van der Waals surface area (Å²) in [6, 6.07) is 5.86. The van der Waals surface area contributed by atoms with Gasteiger partial charge in [0.1, 0.15) is 6.26 Å². The molecule has 0 atom stereocenters. The topological polar surface area (TPSA) is 81.2 Å². The van der Waals surface area contributed by atoms with Gasteiger partial charge in [-0.05, 0) is 56.3 Å². The van der Waals surface area contributed by atoms with Crippen molar-refractivity contribution in [2.75, 3.05) is 11.9 Å². The summed E-state index contributed by atoms with van der Waals surface area (Å²) in [5.41, 5.74) is 9.50. The molecule has 3 N–H and O–H groups in total. The van der Waals surface area contributed by atoms with E-state index in [9.17, 15) is 4.79 Å². The Morgan fingerprint density at radius 3 is 2.62 bits per heavy atom. The number of rotatable bonds is 5. The first-order valence-corrected chi connectivity index (χ1v) is 9.04. The van der Waals surface area contributed by atoms with Crippen LogP contribution in [0.25, 0.3) is 11.5 Å². The Morgan fingerprint density at radius 1 is 1.27 bits per heavy atom. The first-order valence-electron chi connectivity index (χ1n) is 9.04. The van der Waals surface area contributed by atoms with Crippen molar-refractivity contribution in [3.8, 4) is 11.5 Å². The lowest BCUT2D eigenvalue weighted by Crippen LogP contribution is -2.36. The summed E-state index contributed by atoms with van der Waals surface area (Å²) >= 11 is 0. The number of nitrogens with one attached hydrogen (secondary N) is 1. The van der Waals surface area contributed by atoms with Crippen LogP contribution in [0.1, 0.15) is 49.8 Å². The number of benzene rings is 1. The number of carbonyl (C=O) groups excluding carboxylic acids is 1. The maximum Gasteiger partial charge on any atom is 0.226 e. The number of aromatic nitrogens is 1. The third kappa shape index (κ3) is 4.65. The highest BCUT2D eigenvalue weighted by molar-refractivity contribution is 5.92.